The maximum Gasteiger partial charge on any atom is 0.249 e. The molecule has 1 fully saturated rings. The minimum Gasteiger partial charge on any atom is -0.294 e. The van der Waals surface area contributed by atoms with Crippen LogP contribution < -0.4 is 5.48 Å². The van der Waals surface area contributed by atoms with Gasteiger partial charge in [0.2, 0.25) is 5.91 Å². The van der Waals surface area contributed by atoms with Crippen molar-refractivity contribution in [3.8, 4) is 0 Å². The minimum absolute atomic E-state index is 0.241. The number of fused-ring (bicyclic) bond motifs is 1. The van der Waals surface area contributed by atoms with E-state index in [9.17, 15) is 9.59 Å². The quantitative estimate of drug-likeness (QED) is 0.648. The summed E-state index contributed by atoms with van der Waals surface area (Å²) in [6, 6.07) is 7.88. The molecule has 1 saturated carbocycles. The van der Waals surface area contributed by atoms with Crippen LogP contribution in [0.15, 0.2) is 24.3 Å². The first-order valence-electron chi connectivity index (χ1n) is 8.08. The summed E-state index contributed by atoms with van der Waals surface area (Å²) in [5.41, 5.74) is 3.11. The lowest BCUT2D eigenvalue weighted by Gasteiger charge is -2.33. The molecule has 0 radical (unpaired) electrons. The van der Waals surface area contributed by atoms with Crippen LogP contribution in [0.4, 0.5) is 0 Å². The molecule has 1 aromatic carbocycles. The molecule has 1 atom stereocenters. The first-order chi connectivity index (χ1) is 10.5. The van der Waals surface area contributed by atoms with Crippen LogP contribution in [-0.4, -0.2) is 16.9 Å². The second-order valence-electron chi connectivity index (χ2n) is 7.12. The van der Waals surface area contributed by atoms with Crippen molar-refractivity contribution in [3.05, 3.63) is 35.4 Å². The predicted molar refractivity (Wildman–Crippen MR) is 82.6 cm³/mol. The summed E-state index contributed by atoms with van der Waals surface area (Å²) in [6.07, 6.45) is 5.91. The molecule has 0 saturated heterocycles. The van der Waals surface area contributed by atoms with Gasteiger partial charge in [-0.15, -0.1) is 0 Å². The van der Waals surface area contributed by atoms with Crippen molar-refractivity contribution in [3.63, 3.8) is 0 Å². The molecule has 4 nitrogen and oxygen atoms in total. The van der Waals surface area contributed by atoms with Gasteiger partial charge in [-0.2, -0.15) is 0 Å². The molecule has 0 spiro atoms. The molecule has 1 amide bonds. The number of amides is 1. The maximum atomic E-state index is 12.8. The first kappa shape index (κ1) is 15.2. The average molecular weight is 301 g/mol. The standard InChI is InChI=1S/C18H23NO3/c1-17(8-4-9-18(11-12-18)16(21)19-22)10-7-13-5-2-3-6-14(13)15(17)20/h2-3,5-6,22H,4,7-12H2,1H3,(H,19,21). The summed E-state index contributed by atoms with van der Waals surface area (Å²) in [4.78, 5) is 24.4. The van der Waals surface area contributed by atoms with E-state index in [-0.39, 0.29) is 22.5 Å². The van der Waals surface area contributed by atoms with Gasteiger partial charge in [-0.05, 0) is 44.1 Å². The van der Waals surface area contributed by atoms with Crippen molar-refractivity contribution in [2.45, 2.75) is 51.9 Å². The molecule has 2 N–H and O–H groups in total. The number of carbonyl (C=O) groups is 2. The number of Topliss-reactive ketones (excluding diaryl/α,β-unsaturated/α-hetero) is 1. The first-order valence-corrected chi connectivity index (χ1v) is 8.08. The number of ketones is 1. The van der Waals surface area contributed by atoms with Crippen molar-refractivity contribution in [1.82, 2.24) is 5.48 Å². The van der Waals surface area contributed by atoms with E-state index < -0.39 is 0 Å². The molecule has 2 aliphatic rings. The smallest absolute Gasteiger partial charge is 0.249 e. The summed E-state index contributed by atoms with van der Waals surface area (Å²) in [7, 11) is 0. The van der Waals surface area contributed by atoms with Crippen molar-refractivity contribution in [1.29, 1.82) is 0 Å². The third kappa shape index (κ3) is 2.56. The van der Waals surface area contributed by atoms with Crippen LogP contribution in [0.25, 0.3) is 0 Å². The summed E-state index contributed by atoms with van der Waals surface area (Å²) in [6.45, 7) is 2.05. The Bertz CT molecular complexity index is 606. The van der Waals surface area contributed by atoms with E-state index in [0.717, 1.165) is 56.1 Å². The topological polar surface area (TPSA) is 66.4 Å². The number of carbonyl (C=O) groups excluding carboxylic acids is 2. The Hall–Kier alpha value is -1.68. The Kier molecular flexibility index (Phi) is 3.81. The fourth-order valence-electron chi connectivity index (χ4n) is 3.72. The molecule has 2 aliphatic carbocycles. The van der Waals surface area contributed by atoms with E-state index in [2.05, 4.69) is 6.92 Å². The van der Waals surface area contributed by atoms with Crippen LogP contribution in [0.3, 0.4) is 0 Å². The van der Waals surface area contributed by atoms with Gasteiger partial charge in [0.25, 0.3) is 0 Å². The van der Waals surface area contributed by atoms with Crippen molar-refractivity contribution < 1.29 is 14.8 Å². The Balaban J connectivity index is 1.64. The molecule has 0 heterocycles. The zero-order chi connectivity index (χ0) is 15.8. The molecule has 3 rings (SSSR count). The monoisotopic (exact) mass is 301 g/mol. The number of nitrogens with one attached hydrogen (secondary N) is 1. The largest absolute Gasteiger partial charge is 0.294 e. The van der Waals surface area contributed by atoms with E-state index in [1.807, 2.05) is 24.3 Å². The highest BCUT2D eigenvalue weighted by Crippen LogP contribution is 2.51. The summed E-state index contributed by atoms with van der Waals surface area (Å²) in [5, 5.41) is 8.81. The highest BCUT2D eigenvalue weighted by molar-refractivity contribution is 6.02. The lowest BCUT2D eigenvalue weighted by atomic mass is 9.69. The van der Waals surface area contributed by atoms with Crippen molar-refractivity contribution in [2.24, 2.45) is 10.8 Å². The Morgan fingerprint density at radius 2 is 1.95 bits per heavy atom. The molecule has 4 heteroatoms. The summed E-state index contributed by atoms with van der Waals surface area (Å²) in [5.74, 6) is -0.0243. The van der Waals surface area contributed by atoms with Gasteiger partial charge in [0.1, 0.15) is 0 Å². The van der Waals surface area contributed by atoms with Crippen LogP contribution >= 0.6 is 0 Å². The van der Waals surface area contributed by atoms with Crippen molar-refractivity contribution in [2.75, 3.05) is 0 Å². The van der Waals surface area contributed by atoms with Crippen LogP contribution in [0, 0.1) is 10.8 Å². The van der Waals surface area contributed by atoms with Gasteiger partial charge in [-0.25, -0.2) is 5.48 Å². The average Bonchev–Trinajstić information content (AvgIpc) is 3.32. The maximum absolute atomic E-state index is 12.8. The van der Waals surface area contributed by atoms with Gasteiger partial charge >= 0.3 is 0 Å². The Morgan fingerprint density at radius 3 is 2.64 bits per heavy atom. The fourth-order valence-corrected chi connectivity index (χ4v) is 3.72. The van der Waals surface area contributed by atoms with Crippen molar-refractivity contribution >= 4 is 11.7 Å². The second kappa shape index (κ2) is 5.51. The molecular weight excluding hydrogens is 278 g/mol. The lowest BCUT2D eigenvalue weighted by molar-refractivity contribution is -0.135. The Labute approximate surface area is 130 Å². The molecular formula is C18H23NO3. The van der Waals surface area contributed by atoms with E-state index in [1.54, 1.807) is 5.48 Å². The normalized spacial score (nSPS) is 25.5. The number of aryl methyl sites for hydroxylation is 1. The molecule has 0 bridgehead atoms. The van der Waals surface area contributed by atoms with E-state index in [4.69, 9.17) is 5.21 Å². The highest BCUT2D eigenvalue weighted by Gasteiger charge is 2.49. The zero-order valence-corrected chi connectivity index (χ0v) is 13.0. The molecule has 22 heavy (non-hydrogen) atoms. The van der Waals surface area contributed by atoms with Crippen LogP contribution in [0.2, 0.25) is 0 Å². The molecule has 0 aliphatic heterocycles. The van der Waals surface area contributed by atoms with Crippen LogP contribution in [0.1, 0.15) is 61.4 Å². The van der Waals surface area contributed by atoms with Gasteiger partial charge in [-0.3, -0.25) is 14.8 Å². The molecule has 1 unspecified atom stereocenters. The lowest BCUT2D eigenvalue weighted by Crippen LogP contribution is -2.34. The fraction of sp³-hybridized carbons (Fsp3) is 0.556. The number of hydroxylamine groups is 1. The third-order valence-electron chi connectivity index (χ3n) is 5.58. The van der Waals surface area contributed by atoms with Gasteiger partial charge < -0.3 is 0 Å². The number of hydrogen-bond donors (Lipinski definition) is 2. The molecule has 118 valence electrons. The van der Waals surface area contributed by atoms with Gasteiger partial charge in [0.05, 0.1) is 5.41 Å². The van der Waals surface area contributed by atoms with E-state index >= 15 is 0 Å². The van der Waals surface area contributed by atoms with Gasteiger partial charge in [0, 0.05) is 11.0 Å². The van der Waals surface area contributed by atoms with E-state index in [0.29, 0.717) is 0 Å². The van der Waals surface area contributed by atoms with Crippen LogP contribution in [-0.2, 0) is 11.2 Å². The number of hydrogen-bond acceptors (Lipinski definition) is 3. The summed E-state index contributed by atoms with van der Waals surface area (Å²) < 4.78 is 0. The summed E-state index contributed by atoms with van der Waals surface area (Å²) >= 11 is 0. The highest BCUT2D eigenvalue weighted by atomic mass is 16.5. The van der Waals surface area contributed by atoms with Gasteiger partial charge in [0.15, 0.2) is 5.78 Å². The number of rotatable bonds is 5. The number of benzene rings is 1. The predicted octanol–water partition coefficient (Wildman–Crippen LogP) is 3.28. The van der Waals surface area contributed by atoms with Crippen LogP contribution in [0.5, 0.6) is 0 Å². The third-order valence-corrected chi connectivity index (χ3v) is 5.58. The minimum atomic E-state index is -0.374. The second-order valence-corrected chi connectivity index (χ2v) is 7.12. The SMILES string of the molecule is CC1(CCCC2(C(=O)NO)CC2)CCc2ccccc2C1=O. The Morgan fingerprint density at radius 1 is 1.23 bits per heavy atom. The van der Waals surface area contributed by atoms with E-state index in [1.165, 1.54) is 0 Å². The zero-order valence-electron chi connectivity index (χ0n) is 13.0. The molecule has 1 aromatic rings. The molecule has 0 aromatic heterocycles. The van der Waals surface area contributed by atoms with Gasteiger partial charge in [-0.1, -0.05) is 37.6 Å².